The molecule has 1 unspecified atom stereocenters. The lowest BCUT2D eigenvalue weighted by molar-refractivity contribution is 0.303. The van der Waals surface area contributed by atoms with Crippen LogP contribution in [0.5, 0.6) is 5.75 Å². The monoisotopic (exact) mass is 283 g/mol. The fraction of sp³-hybridized carbons (Fsp3) is 0.412. The summed E-state index contributed by atoms with van der Waals surface area (Å²) in [4.78, 5) is 8.77. The number of aromatic nitrogens is 2. The average Bonchev–Trinajstić information content (AvgIpc) is 3.34. The maximum absolute atomic E-state index is 5.80. The second kappa shape index (κ2) is 6.68. The molecule has 0 spiro atoms. The first-order valence-electron chi connectivity index (χ1n) is 7.63. The fourth-order valence-corrected chi connectivity index (χ4v) is 2.22. The van der Waals surface area contributed by atoms with Crippen molar-refractivity contribution in [3.8, 4) is 5.75 Å². The molecule has 0 radical (unpaired) electrons. The quantitative estimate of drug-likeness (QED) is 0.848. The highest BCUT2D eigenvalue weighted by atomic mass is 16.5. The molecule has 1 N–H and O–H groups in total. The summed E-state index contributed by atoms with van der Waals surface area (Å²) in [5.74, 6) is 1.76. The minimum Gasteiger partial charge on any atom is -0.490 e. The molecule has 110 valence electrons. The predicted octanol–water partition coefficient (Wildman–Crippen LogP) is 3.11. The highest BCUT2D eigenvalue weighted by Crippen LogP contribution is 2.28. The third kappa shape index (κ3) is 3.79. The molecule has 1 aliphatic rings. The number of nitrogens with one attached hydrogen (secondary N) is 1. The van der Waals surface area contributed by atoms with Crippen LogP contribution in [0.2, 0.25) is 0 Å². The van der Waals surface area contributed by atoms with Gasteiger partial charge in [-0.1, -0.05) is 19.1 Å². The topological polar surface area (TPSA) is 47.0 Å². The van der Waals surface area contributed by atoms with Crippen molar-refractivity contribution in [3.63, 3.8) is 0 Å². The molecule has 2 aromatic rings. The van der Waals surface area contributed by atoms with E-state index in [1.807, 2.05) is 18.2 Å². The zero-order chi connectivity index (χ0) is 14.5. The van der Waals surface area contributed by atoms with E-state index in [0.717, 1.165) is 30.1 Å². The van der Waals surface area contributed by atoms with Gasteiger partial charge in [-0.05, 0) is 49.6 Å². The molecule has 1 heterocycles. The fourth-order valence-electron chi connectivity index (χ4n) is 2.22. The van der Waals surface area contributed by atoms with Crippen LogP contribution in [0.3, 0.4) is 0 Å². The van der Waals surface area contributed by atoms with E-state index in [0.29, 0.717) is 6.10 Å². The molecule has 4 heteroatoms. The van der Waals surface area contributed by atoms with E-state index in [-0.39, 0.29) is 6.04 Å². The molecule has 1 atom stereocenters. The Bertz CT molecular complexity index is 552. The van der Waals surface area contributed by atoms with Crippen molar-refractivity contribution in [1.82, 2.24) is 15.3 Å². The zero-order valence-corrected chi connectivity index (χ0v) is 12.3. The molecule has 1 fully saturated rings. The van der Waals surface area contributed by atoms with Gasteiger partial charge in [-0.25, -0.2) is 9.97 Å². The van der Waals surface area contributed by atoms with E-state index in [1.165, 1.54) is 12.8 Å². The van der Waals surface area contributed by atoms with Gasteiger partial charge in [0.05, 0.1) is 12.1 Å². The highest BCUT2D eigenvalue weighted by molar-refractivity contribution is 5.32. The van der Waals surface area contributed by atoms with Crippen molar-refractivity contribution in [3.05, 3.63) is 54.1 Å². The number of hydrogen-bond donors (Lipinski definition) is 1. The Balaban J connectivity index is 1.78. The Hall–Kier alpha value is -1.94. The summed E-state index contributed by atoms with van der Waals surface area (Å²) in [7, 11) is 0. The van der Waals surface area contributed by atoms with Gasteiger partial charge in [-0.2, -0.15) is 0 Å². The molecular weight excluding hydrogens is 262 g/mol. The lowest BCUT2D eigenvalue weighted by Crippen LogP contribution is -2.24. The molecule has 4 nitrogen and oxygen atoms in total. The van der Waals surface area contributed by atoms with Gasteiger partial charge in [0, 0.05) is 12.4 Å². The van der Waals surface area contributed by atoms with Crippen LogP contribution < -0.4 is 10.1 Å². The second-order valence-electron chi connectivity index (χ2n) is 5.38. The molecular formula is C17H21N3O. The Morgan fingerprint density at radius 1 is 1.19 bits per heavy atom. The Morgan fingerprint density at radius 3 is 2.52 bits per heavy atom. The molecule has 0 saturated heterocycles. The van der Waals surface area contributed by atoms with E-state index in [1.54, 1.807) is 12.4 Å². The number of benzene rings is 1. The lowest BCUT2D eigenvalue weighted by Gasteiger charge is -2.18. The van der Waals surface area contributed by atoms with Crippen molar-refractivity contribution in [2.45, 2.75) is 38.3 Å². The lowest BCUT2D eigenvalue weighted by atomic mass is 10.1. The number of nitrogens with zero attached hydrogens (tertiary/aromatic N) is 2. The van der Waals surface area contributed by atoms with Crippen LogP contribution in [0.1, 0.15) is 43.6 Å². The Kier molecular flexibility index (Phi) is 4.46. The predicted molar refractivity (Wildman–Crippen MR) is 82.3 cm³/mol. The molecule has 1 aromatic carbocycles. The van der Waals surface area contributed by atoms with Gasteiger partial charge in [0.2, 0.25) is 0 Å². The van der Waals surface area contributed by atoms with E-state index in [9.17, 15) is 0 Å². The van der Waals surface area contributed by atoms with Crippen LogP contribution >= 0.6 is 0 Å². The highest BCUT2D eigenvalue weighted by Gasteiger charge is 2.23. The van der Waals surface area contributed by atoms with Gasteiger partial charge in [-0.15, -0.1) is 0 Å². The zero-order valence-electron chi connectivity index (χ0n) is 12.3. The summed E-state index contributed by atoms with van der Waals surface area (Å²) in [6, 6.07) is 10.1. The molecule has 1 aromatic heterocycles. The molecule has 0 bridgehead atoms. The van der Waals surface area contributed by atoms with E-state index < -0.39 is 0 Å². The van der Waals surface area contributed by atoms with E-state index in [2.05, 4.69) is 34.3 Å². The van der Waals surface area contributed by atoms with Crippen molar-refractivity contribution in [1.29, 1.82) is 0 Å². The largest absolute Gasteiger partial charge is 0.490 e. The van der Waals surface area contributed by atoms with Gasteiger partial charge in [-0.3, -0.25) is 0 Å². The van der Waals surface area contributed by atoms with Crippen molar-refractivity contribution < 1.29 is 4.74 Å². The molecule has 1 aliphatic carbocycles. The Labute approximate surface area is 125 Å². The van der Waals surface area contributed by atoms with Gasteiger partial charge < -0.3 is 10.1 Å². The third-order valence-electron chi connectivity index (χ3n) is 3.48. The number of rotatable bonds is 7. The minimum atomic E-state index is 0.0288. The summed E-state index contributed by atoms with van der Waals surface area (Å²) in [6.45, 7) is 3.09. The molecule has 21 heavy (non-hydrogen) atoms. The van der Waals surface area contributed by atoms with Crippen LogP contribution in [0, 0.1) is 0 Å². The number of ether oxygens (including phenoxy) is 1. The van der Waals surface area contributed by atoms with Gasteiger partial charge in [0.15, 0.2) is 0 Å². The second-order valence-corrected chi connectivity index (χ2v) is 5.38. The summed E-state index contributed by atoms with van der Waals surface area (Å²) < 4.78 is 5.80. The van der Waals surface area contributed by atoms with Gasteiger partial charge >= 0.3 is 0 Å². The first kappa shape index (κ1) is 14.0. The van der Waals surface area contributed by atoms with Gasteiger partial charge in [0.1, 0.15) is 11.6 Å². The van der Waals surface area contributed by atoms with Crippen LogP contribution in [0.25, 0.3) is 0 Å². The van der Waals surface area contributed by atoms with Crippen molar-refractivity contribution >= 4 is 0 Å². The molecule has 0 amide bonds. The summed E-state index contributed by atoms with van der Waals surface area (Å²) in [5, 5.41) is 3.51. The SMILES string of the molecule is CCCNC(c1ccc(OC2CC2)cc1)c1ncccn1. The van der Waals surface area contributed by atoms with Crippen LogP contribution in [-0.2, 0) is 0 Å². The summed E-state index contributed by atoms with van der Waals surface area (Å²) in [6.07, 6.45) is 7.44. The number of hydrogen-bond acceptors (Lipinski definition) is 4. The maximum atomic E-state index is 5.80. The summed E-state index contributed by atoms with van der Waals surface area (Å²) >= 11 is 0. The van der Waals surface area contributed by atoms with Gasteiger partial charge in [0.25, 0.3) is 0 Å². The average molecular weight is 283 g/mol. The smallest absolute Gasteiger partial charge is 0.149 e. The first-order chi connectivity index (χ1) is 10.4. The van der Waals surface area contributed by atoms with Crippen LogP contribution in [-0.4, -0.2) is 22.6 Å². The van der Waals surface area contributed by atoms with E-state index >= 15 is 0 Å². The third-order valence-corrected chi connectivity index (χ3v) is 3.48. The van der Waals surface area contributed by atoms with Crippen molar-refractivity contribution in [2.75, 3.05) is 6.54 Å². The van der Waals surface area contributed by atoms with Crippen LogP contribution in [0.4, 0.5) is 0 Å². The van der Waals surface area contributed by atoms with Crippen LogP contribution in [0.15, 0.2) is 42.7 Å². The normalized spacial score (nSPS) is 15.7. The molecule has 0 aliphatic heterocycles. The van der Waals surface area contributed by atoms with Crippen molar-refractivity contribution in [2.24, 2.45) is 0 Å². The maximum Gasteiger partial charge on any atom is 0.149 e. The standard InChI is InChI=1S/C17H21N3O/c1-2-10-18-16(17-19-11-3-12-20-17)13-4-6-14(7-5-13)21-15-8-9-15/h3-7,11-12,15-16,18H,2,8-10H2,1H3. The molecule has 1 saturated carbocycles. The minimum absolute atomic E-state index is 0.0288. The molecule has 3 rings (SSSR count). The van der Waals surface area contributed by atoms with E-state index in [4.69, 9.17) is 4.74 Å². The summed E-state index contributed by atoms with van der Waals surface area (Å²) in [5.41, 5.74) is 1.16. The first-order valence-corrected chi connectivity index (χ1v) is 7.63. The Morgan fingerprint density at radius 2 is 1.90 bits per heavy atom.